The molecule has 0 aliphatic carbocycles. The van der Waals surface area contributed by atoms with Crippen molar-refractivity contribution in [2.24, 2.45) is 10.9 Å². The molecule has 1 aromatic heterocycles. The lowest BCUT2D eigenvalue weighted by Gasteiger charge is -2.52. The Kier molecular flexibility index (Phi) is 5.09. The molecule has 4 atom stereocenters. The predicted molar refractivity (Wildman–Crippen MR) is 160 cm³/mol. The fourth-order valence-electron chi connectivity index (χ4n) is 7.99. The van der Waals surface area contributed by atoms with Crippen LogP contribution in [0.25, 0.3) is 11.1 Å². The van der Waals surface area contributed by atoms with Crippen molar-refractivity contribution in [3.05, 3.63) is 77.4 Å². The van der Waals surface area contributed by atoms with E-state index in [4.69, 9.17) is 16.4 Å². The molecule has 40 heavy (non-hydrogen) atoms. The standard InChI is InChI=1S/C33H31N7/c1-7-23-31-37(5)24(8-2)29(35-9-3)39(31)26-17-21(22-14-11-10-13-20(22)19-34)18-27-28(26)33(23,4)32-38(6)25-15-12-16-36-30(25)40(27)32/h2,9-18,23,31-32H,7H2,1,3-6H3/b35-9-. The molecule has 4 aliphatic heterocycles. The molecule has 2 aromatic carbocycles. The number of benzene rings is 2. The van der Waals surface area contributed by atoms with Crippen LogP contribution in [0.4, 0.5) is 22.9 Å². The molecule has 0 radical (unpaired) electrons. The van der Waals surface area contributed by atoms with Gasteiger partial charge in [-0.05, 0) is 60.7 Å². The van der Waals surface area contributed by atoms with Gasteiger partial charge in [0.15, 0.2) is 11.6 Å². The van der Waals surface area contributed by atoms with Crippen molar-refractivity contribution >= 4 is 29.1 Å². The minimum atomic E-state index is -0.247. The van der Waals surface area contributed by atoms with Crippen LogP contribution in [0.3, 0.4) is 0 Å². The summed E-state index contributed by atoms with van der Waals surface area (Å²) in [5.74, 6) is 4.95. The van der Waals surface area contributed by atoms with E-state index in [9.17, 15) is 5.26 Å². The first-order valence-electron chi connectivity index (χ1n) is 13.8. The lowest BCUT2D eigenvalue weighted by Crippen LogP contribution is -2.61. The molecule has 0 amide bonds. The van der Waals surface area contributed by atoms with E-state index in [2.05, 4.69) is 77.7 Å². The molecule has 198 valence electrons. The van der Waals surface area contributed by atoms with E-state index in [1.54, 1.807) is 0 Å². The first kappa shape index (κ1) is 24.3. The third-order valence-corrected chi connectivity index (χ3v) is 9.45. The number of likely N-dealkylation sites (N-methyl/N-ethyl adjacent to an activating group) is 1. The summed E-state index contributed by atoms with van der Waals surface area (Å²) in [6.07, 6.45) is 10.8. The largest absolute Gasteiger partial charge is 0.350 e. The molecule has 7 rings (SSSR count). The van der Waals surface area contributed by atoms with Crippen molar-refractivity contribution in [2.75, 3.05) is 28.8 Å². The number of nitriles is 1. The molecule has 4 aliphatic rings. The second-order valence-electron chi connectivity index (χ2n) is 11.1. The summed E-state index contributed by atoms with van der Waals surface area (Å²) in [7, 11) is 4.28. The second-order valence-corrected chi connectivity index (χ2v) is 11.1. The number of rotatable bonds is 3. The summed E-state index contributed by atoms with van der Waals surface area (Å²) < 4.78 is 0. The van der Waals surface area contributed by atoms with Crippen LogP contribution < -0.4 is 14.7 Å². The Labute approximate surface area is 235 Å². The van der Waals surface area contributed by atoms with Crippen LogP contribution in [0.2, 0.25) is 0 Å². The average molecular weight is 526 g/mol. The van der Waals surface area contributed by atoms with Crippen LogP contribution in [0.1, 0.15) is 38.3 Å². The SMILES string of the molecule is C#CC1=C(/N=C\C)N2c3cc(-c4ccccc4C#N)cc4c3C(C)(C(CC)C2N1C)C1N(C)c2cccnc2N41. The van der Waals surface area contributed by atoms with Crippen molar-refractivity contribution in [1.82, 2.24) is 9.88 Å². The zero-order valence-corrected chi connectivity index (χ0v) is 23.4. The monoisotopic (exact) mass is 525 g/mol. The fourth-order valence-corrected chi connectivity index (χ4v) is 7.99. The first-order chi connectivity index (χ1) is 19.4. The van der Waals surface area contributed by atoms with E-state index in [-0.39, 0.29) is 23.7 Å². The van der Waals surface area contributed by atoms with Gasteiger partial charge in [-0.15, -0.1) is 6.42 Å². The Balaban J connectivity index is 1.61. The summed E-state index contributed by atoms with van der Waals surface area (Å²) in [4.78, 5) is 19.1. The summed E-state index contributed by atoms with van der Waals surface area (Å²) in [5.41, 5.74) is 7.73. The van der Waals surface area contributed by atoms with E-state index >= 15 is 0 Å². The topological polar surface area (TPSA) is 62.0 Å². The van der Waals surface area contributed by atoms with Crippen molar-refractivity contribution in [2.45, 2.75) is 44.9 Å². The molecule has 0 saturated heterocycles. The zero-order valence-electron chi connectivity index (χ0n) is 23.4. The van der Waals surface area contributed by atoms with Crippen LogP contribution >= 0.6 is 0 Å². The maximum Gasteiger partial charge on any atom is 0.167 e. The van der Waals surface area contributed by atoms with Gasteiger partial charge >= 0.3 is 0 Å². The number of hydrogen-bond acceptors (Lipinski definition) is 7. The van der Waals surface area contributed by atoms with E-state index in [0.29, 0.717) is 5.56 Å². The molecule has 4 unspecified atom stereocenters. The summed E-state index contributed by atoms with van der Waals surface area (Å²) in [6.45, 7) is 6.63. The number of nitrogens with zero attached hydrogens (tertiary/aromatic N) is 7. The van der Waals surface area contributed by atoms with Gasteiger partial charge in [0.25, 0.3) is 0 Å². The van der Waals surface area contributed by atoms with Crippen molar-refractivity contribution in [1.29, 1.82) is 5.26 Å². The molecule has 7 heteroatoms. The highest BCUT2D eigenvalue weighted by Crippen LogP contribution is 2.66. The Morgan fingerprint density at radius 3 is 2.52 bits per heavy atom. The minimum absolute atomic E-state index is 0.00779. The Bertz CT molecular complexity index is 1720. The number of anilines is 4. The molecular weight excluding hydrogens is 494 g/mol. The normalized spacial score (nSPS) is 25.6. The van der Waals surface area contributed by atoms with Gasteiger partial charge in [-0.3, -0.25) is 0 Å². The van der Waals surface area contributed by atoms with Crippen LogP contribution in [0, 0.1) is 29.6 Å². The van der Waals surface area contributed by atoms with Gasteiger partial charge in [-0.2, -0.15) is 5.26 Å². The molecule has 0 N–H and O–H groups in total. The quantitative estimate of drug-likeness (QED) is 0.317. The highest BCUT2D eigenvalue weighted by Gasteiger charge is 2.65. The van der Waals surface area contributed by atoms with Gasteiger partial charge in [0.2, 0.25) is 0 Å². The summed E-state index contributed by atoms with van der Waals surface area (Å²) in [6, 6.07) is 18.9. The average Bonchev–Trinajstić information content (AvgIpc) is 3.54. The van der Waals surface area contributed by atoms with E-state index in [1.165, 1.54) is 5.56 Å². The van der Waals surface area contributed by atoms with Gasteiger partial charge in [0.1, 0.15) is 18.0 Å². The van der Waals surface area contributed by atoms with Crippen LogP contribution in [-0.2, 0) is 5.41 Å². The maximum atomic E-state index is 10.00. The number of aliphatic imine (C=N–C) groups is 1. The first-order valence-corrected chi connectivity index (χ1v) is 13.8. The lowest BCUT2D eigenvalue weighted by molar-refractivity contribution is 0.132. The number of hydrogen-bond donors (Lipinski definition) is 0. The van der Waals surface area contributed by atoms with E-state index < -0.39 is 0 Å². The number of allylic oxidation sites excluding steroid dienone is 1. The molecule has 0 spiro atoms. The molecule has 3 aromatic rings. The molecule has 7 nitrogen and oxygen atoms in total. The van der Waals surface area contributed by atoms with Gasteiger partial charge in [-0.1, -0.05) is 32.0 Å². The third-order valence-electron chi connectivity index (χ3n) is 9.45. The van der Waals surface area contributed by atoms with Crippen molar-refractivity contribution in [3.63, 3.8) is 0 Å². The Morgan fingerprint density at radius 1 is 1.07 bits per heavy atom. The smallest absolute Gasteiger partial charge is 0.167 e. The maximum absolute atomic E-state index is 10.00. The molecule has 0 fully saturated rings. The van der Waals surface area contributed by atoms with Crippen LogP contribution in [0.5, 0.6) is 0 Å². The molecule has 5 heterocycles. The zero-order chi connectivity index (χ0) is 27.9. The minimum Gasteiger partial charge on any atom is -0.350 e. The van der Waals surface area contributed by atoms with Gasteiger partial charge in [-0.25, -0.2) is 9.98 Å². The molecule has 0 saturated carbocycles. The second kappa shape index (κ2) is 8.37. The molecular formula is C33H31N7. The van der Waals surface area contributed by atoms with E-state index in [1.807, 2.05) is 49.7 Å². The third kappa shape index (κ3) is 2.74. The van der Waals surface area contributed by atoms with Crippen LogP contribution in [-0.4, -0.2) is 42.5 Å². The predicted octanol–water partition coefficient (Wildman–Crippen LogP) is 5.82. The van der Waals surface area contributed by atoms with Crippen molar-refractivity contribution < 1.29 is 0 Å². The van der Waals surface area contributed by atoms with E-state index in [0.717, 1.165) is 51.9 Å². The fraction of sp³-hybridized carbons (Fsp3) is 0.303. The highest BCUT2D eigenvalue weighted by atomic mass is 15.5. The number of aromatic nitrogens is 1. The Morgan fingerprint density at radius 2 is 1.82 bits per heavy atom. The van der Waals surface area contributed by atoms with Gasteiger partial charge in [0, 0.05) is 43.4 Å². The number of terminal acetylenes is 1. The highest BCUT2D eigenvalue weighted by molar-refractivity contribution is 5.94. The van der Waals surface area contributed by atoms with Crippen molar-refractivity contribution in [3.8, 4) is 29.5 Å². The summed E-state index contributed by atoms with van der Waals surface area (Å²) in [5, 5.41) is 10.00. The number of pyridine rings is 1. The lowest BCUT2D eigenvalue weighted by atomic mass is 9.64. The van der Waals surface area contributed by atoms with Gasteiger partial charge < -0.3 is 19.6 Å². The Hall–Kier alpha value is -4.75. The summed E-state index contributed by atoms with van der Waals surface area (Å²) >= 11 is 0. The van der Waals surface area contributed by atoms with Gasteiger partial charge in [0.05, 0.1) is 28.7 Å². The molecule has 0 bridgehead atoms. The number of fused-ring (bicyclic) bond motifs is 7. The van der Waals surface area contributed by atoms with Crippen LogP contribution in [0.15, 0.2) is 71.2 Å².